The van der Waals surface area contributed by atoms with Gasteiger partial charge in [-0.05, 0) is 35.9 Å². The molecule has 19 heavy (non-hydrogen) atoms. The Morgan fingerprint density at radius 3 is 2.53 bits per heavy atom. The van der Waals surface area contributed by atoms with Gasteiger partial charge in [0, 0.05) is 0 Å². The van der Waals surface area contributed by atoms with E-state index in [0.29, 0.717) is 10.5 Å². The average Bonchev–Trinajstić information content (AvgIpc) is 2.33. The highest BCUT2D eigenvalue weighted by atomic mass is 35.5. The second-order valence-corrected chi connectivity index (χ2v) is 5.75. The molecule has 0 saturated heterocycles. The minimum Gasteiger partial charge on any atom is -0.398 e. The Kier molecular flexibility index (Phi) is 4.17. The van der Waals surface area contributed by atoms with Gasteiger partial charge in [0.1, 0.15) is 11.6 Å². The normalized spacial score (nSPS) is 12.4. The summed E-state index contributed by atoms with van der Waals surface area (Å²) < 4.78 is 38.2. The van der Waals surface area contributed by atoms with Crippen LogP contribution < -0.4 is 5.73 Å². The smallest absolute Gasteiger partial charge is 0.142 e. The van der Waals surface area contributed by atoms with Crippen LogP contribution in [-0.4, -0.2) is 4.21 Å². The monoisotopic (exact) mass is 301 g/mol. The third kappa shape index (κ3) is 3.30. The Balaban J connectivity index is 2.23. The van der Waals surface area contributed by atoms with E-state index < -0.39 is 22.4 Å². The third-order valence-corrected chi connectivity index (χ3v) is 4.26. The minimum absolute atomic E-state index is 0.0100. The predicted molar refractivity (Wildman–Crippen MR) is 72.3 cm³/mol. The molecule has 0 aliphatic carbocycles. The lowest BCUT2D eigenvalue weighted by Crippen LogP contribution is -2.01. The summed E-state index contributed by atoms with van der Waals surface area (Å²) in [5.41, 5.74) is 6.25. The fourth-order valence-corrected chi connectivity index (χ4v) is 2.88. The fraction of sp³-hybridized carbons (Fsp3) is 0.0769. The van der Waals surface area contributed by atoms with E-state index in [0.717, 1.165) is 6.07 Å². The van der Waals surface area contributed by atoms with E-state index in [1.54, 1.807) is 6.07 Å². The zero-order valence-corrected chi connectivity index (χ0v) is 11.3. The highest BCUT2D eigenvalue weighted by Crippen LogP contribution is 2.22. The van der Waals surface area contributed by atoms with Gasteiger partial charge in [-0.15, -0.1) is 0 Å². The average molecular weight is 302 g/mol. The molecule has 2 aromatic rings. The Hall–Kier alpha value is -1.46. The van der Waals surface area contributed by atoms with E-state index in [9.17, 15) is 13.0 Å². The van der Waals surface area contributed by atoms with Crippen LogP contribution in [-0.2, 0) is 16.6 Å². The molecule has 0 bridgehead atoms. The molecule has 0 fully saturated rings. The summed E-state index contributed by atoms with van der Waals surface area (Å²) in [6.45, 7) is 0. The van der Waals surface area contributed by atoms with Crippen molar-refractivity contribution in [3.63, 3.8) is 0 Å². The number of nitrogens with two attached hydrogens (primary N) is 1. The van der Waals surface area contributed by atoms with Crippen molar-refractivity contribution < 1.29 is 13.0 Å². The van der Waals surface area contributed by atoms with Gasteiger partial charge in [-0.25, -0.2) is 8.78 Å². The number of benzene rings is 2. The summed E-state index contributed by atoms with van der Waals surface area (Å²) in [5, 5.41) is 0.0100. The Labute approximate surface area is 116 Å². The fourth-order valence-electron chi connectivity index (χ4n) is 1.59. The van der Waals surface area contributed by atoms with Crippen LogP contribution in [0.25, 0.3) is 0 Å². The number of hydrogen-bond donors (Lipinski definition) is 1. The largest absolute Gasteiger partial charge is 0.398 e. The second-order valence-electron chi connectivity index (χ2n) is 3.92. The summed E-state index contributed by atoms with van der Waals surface area (Å²) in [7, 11) is -1.47. The number of nitrogen functional groups attached to an aromatic ring is 1. The molecule has 0 aliphatic heterocycles. The first-order chi connectivity index (χ1) is 8.97. The third-order valence-electron chi connectivity index (χ3n) is 2.50. The number of hydrogen-bond acceptors (Lipinski definition) is 2. The van der Waals surface area contributed by atoms with Gasteiger partial charge >= 0.3 is 0 Å². The molecular formula is C13H10ClF2NOS. The van der Waals surface area contributed by atoms with Crippen LogP contribution in [0.15, 0.2) is 41.3 Å². The Morgan fingerprint density at radius 2 is 1.89 bits per heavy atom. The first-order valence-electron chi connectivity index (χ1n) is 5.34. The maximum atomic E-state index is 13.3. The van der Waals surface area contributed by atoms with Crippen molar-refractivity contribution in [1.82, 2.24) is 0 Å². The van der Waals surface area contributed by atoms with Crippen molar-refractivity contribution in [1.29, 1.82) is 0 Å². The summed E-state index contributed by atoms with van der Waals surface area (Å²) in [4.78, 5) is 0.330. The van der Waals surface area contributed by atoms with Gasteiger partial charge in [0.15, 0.2) is 0 Å². The molecule has 2 N–H and O–H groups in total. The van der Waals surface area contributed by atoms with E-state index in [-0.39, 0.29) is 16.5 Å². The van der Waals surface area contributed by atoms with E-state index in [2.05, 4.69) is 0 Å². The zero-order chi connectivity index (χ0) is 14.0. The molecule has 2 aromatic carbocycles. The van der Waals surface area contributed by atoms with Crippen LogP contribution in [0.5, 0.6) is 0 Å². The minimum atomic E-state index is -1.47. The van der Waals surface area contributed by atoms with Gasteiger partial charge in [-0.1, -0.05) is 17.7 Å². The molecular weight excluding hydrogens is 292 g/mol. The molecule has 0 radical (unpaired) electrons. The van der Waals surface area contributed by atoms with Crippen molar-refractivity contribution in [2.24, 2.45) is 0 Å². The lowest BCUT2D eigenvalue weighted by atomic mass is 10.2. The van der Waals surface area contributed by atoms with Crippen LogP contribution in [0.4, 0.5) is 14.5 Å². The molecule has 6 heteroatoms. The van der Waals surface area contributed by atoms with Crippen LogP contribution in [0.1, 0.15) is 5.56 Å². The van der Waals surface area contributed by atoms with Crippen molar-refractivity contribution >= 4 is 28.1 Å². The molecule has 0 saturated carbocycles. The van der Waals surface area contributed by atoms with Crippen molar-refractivity contribution in [3.8, 4) is 0 Å². The van der Waals surface area contributed by atoms with Crippen LogP contribution in [0.2, 0.25) is 5.02 Å². The molecule has 1 unspecified atom stereocenters. The topological polar surface area (TPSA) is 43.1 Å². The Morgan fingerprint density at radius 1 is 1.16 bits per heavy atom. The second kappa shape index (κ2) is 5.67. The van der Waals surface area contributed by atoms with E-state index in [4.69, 9.17) is 17.3 Å². The van der Waals surface area contributed by atoms with Crippen LogP contribution in [0.3, 0.4) is 0 Å². The summed E-state index contributed by atoms with van der Waals surface area (Å²) >= 11 is 5.56. The lowest BCUT2D eigenvalue weighted by Gasteiger charge is -2.06. The summed E-state index contributed by atoms with van der Waals surface area (Å²) in [5.74, 6) is -0.969. The predicted octanol–water partition coefficient (Wildman–Crippen LogP) is 3.51. The molecule has 2 rings (SSSR count). The maximum absolute atomic E-state index is 13.3. The van der Waals surface area contributed by atoms with Gasteiger partial charge in [0.25, 0.3) is 0 Å². The van der Waals surface area contributed by atoms with E-state index in [1.165, 1.54) is 24.3 Å². The maximum Gasteiger partial charge on any atom is 0.142 e. The number of anilines is 1. The molecule has 0 amide bonds. The van der Waals surface area contributed by atoms with Crippen molar-refractivity contribution in [2.75, 3.05) is 5.73 Å². The highest BCUT2D eigenvalue weighted by Gasteiger charge is 2.11. The first kappa shape index (κ1) is 14.0. The van der Waals surface area contributed by atoms with Gasteiger partial charge in [0.2, 0.25) is 0 Å². The summed E-state index contributed by atoms with van der Waals surface area (Å²) in [6, 6.07) is 7.87. The lowest BCUT2D eigenvalue weighted by molar-refractivity contribution is 0.626. The molecule has 0 heterocycles. The zero-order valence-electron chi connectivity index (χ0n) is 9.70. The SMILES string of the molecule is Nc1cc(F)ccc1S(=O)Cc1ccc(Cl)c(F)c1. The van der Waals surface area contributed by atoms with E-state index in [1.807, 2.05) is 0 Å². The molecule has 100 valence electrons. The molecule has 0 aromatic heterocycles. The van der Waals surface area contributed by atoms with Gasteiger partial charge in [-0.2, -0.15) is 0 Å². The molecule has 0 spiro atoms. The first-order valence-corrected chi connectivity index (χ1v) is 7.04. The molecule has 2 nitrogen and oxygen atoms in total. The van der Waals surface area contributed by atoms with Crippen molar-refractivity contribution in [2.45, 2.75) is 10.6 Å². The quantitative estimate of drug-likeness (QED) is 0.882. The van der Waals surface area contributed by atoms with Crippen molar-refractivity contribution in [3.05, 3.63) is 58.6 Å². The van der Waals surface area contributed by atoms with E-state index >= 15 is 0 Å². The number of rotatable bonds is 3. The Bertz CT molecular complexity index is 649. The standard InChI is InChI=1S/C13H10ClF2NOS/c14-10-3-1-8(5-11(10)16)7-19(18)13-4-2-9(15)6-12(13)17/h1-6H,7,17H2. The van der Waals surface area contributed by atoms with Gasteiger partial charge in [0.05, 0.1) is 32.2 Å². The summed E-state index contributed by atoms with van der Waals surface area (Å²) in [6.07, 6.45) is 0. The molecule has 1 atom stereocenters. The molecule has 0 aliphatic rings. The highest BCUT2D eigenvalue weighted by molar-refractivity contribution is 7.84. The van der Waals surface area contributed by atoms with Gasteiger partial charge in [-0.3, -0.25) is 4.21 Å². The van der Waals surface area contributed by atoms with Crippen LogP contribution >= 0.6 is 11.6 Å². The van der Waals surface area contributed by atoms with Crippen LogP contribution in [0, 0.1) is 11.6 Å². The van der Waals surface area contributed by atoms with Gasteiger partial charge < -0.3 is 5.73 Å². The number of halogens is 3.